The summed E-state index contributed by atoms with van der Waals surface area (Å²) < 4.78 is 58.0. The molecule has 3 saturated heterocycles. The molecule has 9 aliphatic heterocycles. The maximum absolute atomic E-state index is 17.1. The van der Waals surface area contributed by atoms with Crippen molar-refractivity contribution in [3.63, 3.8) is 0 Å². The molecule has 0 unspecified atom stereocenters. The van der Waals surface area contributed by atoms with E-state index in [0.29, 0.717) is 25.7 Å². The molecule has 7 aromatic carbocycles. The highest BCUT2D eigenvalue weighted by Gasteiger charge is 2.53. The lowest BCUT2D eigenvalue weighted by atomic mass is 9.89. The maximum atomic E-state index is 17.1. The monoisotopic (exact) mass is 1950 g/mol. The van der Waals surface area contributed by atoms with Gasteiger partial charge in [-0.3, -0.25) is 43.2 Å². The van der Waals surface area contributed by atoms with Crippen molar-refractivity contribution in [2.45, 2.75) is 232 Å². The fraction of sp³-hybridized carbons (Fsp3) is 0.435. The number of hydrogen-bond donors (Lipinski definition) is 24. The molecule has 0 spiro atoms. The highest BCUT2D eigenvalue weighted by atomic mass is 35.5. The summed E-state index contributed by atoms with van der Waals surface area (Å²) in [5.74, 6) is -20.8. The van der Waals surface area contributed by atoms with Gasteiger partial charge in [0.15, 0.2) is 41.4 Å². The number of nitrogens with one attached hydrogen (secondary N) is 9. The molecule has 23 atom stereocenters. The second kappa shape index (κ2) is 43.4. The van der Waals surface area contributed by atoms with Crippen LogP contribution in [0.1, 0.15) is 160 Å². The van der Waals surface area contributed by atoms with Gasteiger partial charge in [0.2, 0.25) is 65.6 Å². The topological polar surface area (TPSA) is 671 Å². The fourth-order valence-corrected chi connectivity index (χ4v) is 17.5. The molecule has 9 amide bonds. The highest BCUT2D eigenvalue weighted by molar-refractivity contribution is 6.32. The highest BCUT2D eigenvalue weighted by Crippen LogP contribution is 2.51. The van der Waals surface area contributed by atoms with Gasteiger partial charge in [0.1, 0.15) is 150 Å². The number of phenols is 4. The molecule has 45 heteroatoms. The Balaban J connectivity index is 1.05. The van der Waals surface area contributed by atoms with Crippen molar-refractivity contribution in [2.24, 2.45) is 5.73 Å². The smallest absolute Gasteiger partial charge is 0.330 e. The number of carbonyl (C=O) groups excluding carboxylic acids is 9. The van der Waals surface area contributed by atoms with Crippen LogP contribution >= 0.6 is 23.2 Å². The standard InChI is InChI=1S/C92H104Cl2N10O33/c1-4-6-8-10-11-13-62(112)99-70-75(116)77(118)81(88(126)96-22-12-9-7-5-2)137-91(70)136-80-58-30-43-31-59(80)131-55-21-17-41(28-50(55)94)79(135-90-69(97-37(3)107)74(115)72(113)60(35-105)133-90)71-87(125)103-68(89(127)128)48-33-45(109)34-57(132-92-78(119)76(117)73(114)61(36-106)134-92)63(48)47-27-40(16-18-52(47)110)65(84(122)104-71)101-86(124)67(43)102-85(123)66-42-25-44(108)32-46(26-42)129-56-29-39(15-19-53(56)111)64(95)83(121)98-51(82(120)100-66)24-38-14-20-54(130-58)49(93)23-38/h14-21,23,25-34,51,60-61,64-79,81,90-92,105-106,108-111,113-119H,4-13,22,24,35-36,95H2,1-3H3,(H,96,126)(H,97,107)(H,98,121)(H,99,112)(H,100,120)(H,101,124)(H,102,123)(H,103,125)(H,104,122)(H,127,128)/t51-,60-,61-,64-,65-,66+,67-,68+,69-,70-,71+,72-,73-,74-,75-,76+,77+,78+,79-,81+,90+,91-,92+/m1/s1. The van der Waals surface area contributed by atoms with Crippen molar-refractivity contribution in [1.29, 1.82) is 0 Å². The molecule has 9 heterocycles. The van der Waals surface area contributed by atoms with Crippen LogP contribution in [0.25, 0.3) is 11.1 Å². The quantitative estimate of drug-likeness (QED) is 0.0408. The predicted molar refractivity (Wildman–Crippen MR) is 474 cm³/mol. The number of halogens is 2. The van der Waals surface area contributed by atoms with Crippen LogP contribution < -0.4 is 77.3 Å². The number of rotatable bonds is 23. The minimum Gasteiger partial charge on any atom is -0.508 e. The van der Waals surface area contributed by atoms with Crippen molar-refractivity contribution in [3.05, 3.63) is 164 Å². The molecular weight excluding hydrogens is 1840 g/mol. The van der Waals surface area contributed by atoms with Crippen molar-refractivity contribution >= 4 is 82.3 Å². The van der Waals surface area contributed by atoms with Crippen LogP contribution in [0.15, 0.2) is 115 Å². The predicted octanol–water partition coefficient (Wildman–Crippen LogP) is 2.09. The van der Waals surface area contributed by atoms with Crippen LogP contribution in [0.5, 0.6) is 69.0 Å². The van der Waals surface area contributed by atoms with Crippen molar-refractivity contribution in [3.8, 4) is 80.1 Å². The SMILES string of the molecule is CCCCCCCC(=O)N[C@H]1[C@H](Oc2c3cc4cc2Oc2ccc(cc2Cl)[C@@H](O[C@@H]2O[C@H](CO)[C@@H](O)[C@H](O)[C@H]2NC(C)=O)[C@@H]2NC(=O)[C@H](NC(=O)[C@@H]4NC(=O)[C@H]4NC(=O)[C@@H](Cc5ccc(c(Cl)c5)O3)NC(=O)[C@H](N)c3ccc(O)c(c3)Oc3cc(O)cc4c3)c3ccc(O)c(c3)-c3c(O[C@H]4O[C@H](CO)[C@@H](O)[C@H](O)[C@@H]4O)cc(O)cc3[C@@H](C(=O)O)NC2=O)O[C@H](C(=O)NCCCCCC)[C@@H](O)[C@@H]1O. The molecule has 9 aliphatic rings. The Kier molecular flexibility index (Phi) is 31.8. The normalized spacial score (nSPS) is 28.2. The lowest BCUT2D eigenvalue weighted by Crippen LogP contribution is -2.67. The number of aliphatic carboxylic acids is 1. The number of nitrogens with two attached hydrogens (primary N) is 1. The lowest BCUT2D eigenvalue weighted by Gasteiger charge is -2.44. The summed E-state index contributed by atoms with van der Waals surface area (Å²) in [6, 6.07) is 0.433. The van der Waals surface area contributed by atoms with E-state index >= 15 is 24.0 Å². The molecule has 25 N–H and O–H groups in total. The molecule has 137 heavy (non-hydrogen) atoms. The van der Waals surface area contributed by atoms with E-state index < -0.39 is 315 Å². The number of unbranched alkanes of at least 4 members (excludes halogenated alkanes) is 7. The van der Waals surface area contributed by atoms with E-state index in [-0.39, 0.29) is 46.4 Å². The summed E-state index contributed by atoms with van der Waals surface area (Å²) >= 11 is 14.8. The van der Waals surface area contributed by atoms with Crippen LogP contribution in [0, 0.1) is 0 Å². The maximum Gasteiger partial charge on any atom is 0.330 e. The van der Waals surface area contributed by atoms with Crippen molar-refractivity contribution in [1.82, 2.24) is 47.9 Å². The van der Waals surface area contributed by atoms with Gasteiger partial charge >= 0.3 is 5.97 Å². The van der Waals surface area contributed by atoms with Crippen LogP contribution in [0.4, 0.5) is 0 Å². The summed E-state index contributed by atoms with van der Waals surface area (Å²) in [7, 11) is 0. The summed E-state index contributed by atoms with van der Waals surface area (Å²) in [5.41, 5.74) is 2.74. The van der Waals surface area contributed by atoms with Crippen LogP contribution in [-0.2, 0) is 73.3 Å². The van der Waals surface area contributed by atoms with E-state index in [1.807, 2.05) is 13.8 Å². The number of benzene rings is 7. The number of aliphatic hydroxyl groups is 9. The number of aliphatic hydroxyl groups excluding tert-OH is 9. The lowest BCUT2D eigenvalue weighted by molar-refractivity contribution is -0.284. The average Bonchev–Trinajstić information content (AvgIpc) is 0.759. The number of fused-ring (bicyclic) bond motifs is 14. The number of aromatic hydroxyl groups is 4. The van der Waals surface area contributed by atoms with Crippen molar-refractivity contribution in [2.75, 3.05) is 19.8 Å². The molecule has 0 saturated carbocycles. The van der Waals surface area contributed by atoms with Gasteiger partial charge in [-0.05, 0) is 125 Å². The van der Waals surface area contributed by atoms with Crippen LogP contribution in [0.3, 0.4) is 0 Å². The van der Waals surface area contributed by atoms with Gasteiger partial charge in [-0.15, -0.1) is 0 Å². The Morgan fingerprint density at radius 3 is 1.73 bits per heavy atom. The third kappa shape index (κ3) is 22.4. The number of ether oxygens (including phenoxy) is 9. The first-order chi connectivity index (χ1) is 65.4. The third-order valence-electron chi connectivity index (χ3n) is 24.3. The zero-order valence-electron chi connectivity index (χ0n) is 73.5. The first kappa shape index (κ1) is 100. The van der Waals surface area contributed by atoms with Gasteiger partial charge in [0, 0.05) is 55.1 Å². The minimum atomic E-state index is -2.60. The number of hydrogen-bond acceptors (Lipinski definition) is 33. The Labute approximate surface area is 790 Å². The van der Waals surface area contributed by atoms with Crippen molar-refractivity contribution < 1.29 is 162 Å². The van der Waals surface area contributed by atoms with Gasteiger partial charge in [0.25, 0.3) is 5.91 Å². The molecule has 43 nitrogen and oxygen atoms in total. The summed E-state index contributed by atoms with van der Waals surface area (Å²) in [4.78, 5) is 154. The Morgan fingerprint density at radius 1 is 0.496 bits per heavy atom. The van der Waals surface area contributed by atoms with E-state index in [1.54, 1.807) is 0 Å². The molecule has 0 aromatic heterocycles. The van der Waals surface area contributed by atoms with Crippen LogP contribution in [-0.4, -0.2) is 254 Å². The summed E-state index contributed by atoms with van der Waals surface area (Å²) in [5, 5.41) is 183. The molecule has 7 aromatic rings. The third-order valence-corrected chi connectivity index (χ3v) is 24.9. The largest absolute Gasteiger partial charge is 0.508 e. The fourth-order valence-electron chi connectivity index (χ4n) is 17.0. The van der Waals surface area contributed by atoms with E-state index in [0.717, 1.165) is 124 Å². The first-order valence-corrected chi connectivity index (χ1v) is 44.9. The molecule has 17 bridgehead atoms. The van der Waals surface area contributed by atoms with Gasteiger partial charge in [0.05, 0.1) is 23.3 Å². The molecule has 16 rings (SSSR count). The minimum absolute atomic E-state index is 0.0223. The Morgan fingerprint density at radius 2 is 1.07 bits per heavy atom. The van der Waals surface area contributed by atoms with E-state index in [4.69, 9.17) is 71.6 Å². The Bertz CT molecular complexity index is 5720. The van der Waals surface area contributed by atoms with Gasteiger partial charge in [-0.25, -0.2) is 4.79 Å². The summed E-state index contributed by atoms with van der Waals surface area (Å²) in [6.45, 7) is 2.83. The first-order valence-electron chi connectivity index (χ1n) is 44.2. The zero-order valence-corrected chi connectivity index (χ0v) is 75.0. The molecule has 3 fully saturated rings. The van der Waals surface area contributed by atoms with E-state index in [9.17, 15) is 95.5 Å². The number of carbonyl (C=O) groups is 10. The number of amides is 9. The molecule has 0 aliphatic carbocycles. The van der Waals surface area contributed by atoms with E-state index in [2.05, 4.69) is 47.9 Å². The van der Waals surface area contributed by atoms with Gasteiger partial charge < -0.3 is 168 Å². The van der Waals surface area contributed by atoms with Crippen LogP contribution in [0.2, 0.25) is 10.0 Å². The molecule has 0 radical (unpaired) electrons. The second-order valence-electron chi connectivity index (χ2n) is 34.1. The number of carboxylic acids is 1. The second-order valence-corrected chi connectivity index (χ2v) is 34.9. The van der Waals surface area contributed by atoms with Gasteiger partial charge in [-0.2, -0.15) is 0 Å². The van der Waals surface area contributed by atoms with E-state index in [1.165, 1.54) is 30.3 Å². The summed E-state index contributed by atoms with van der Waals surface area (Å²) in [6.07, 6.45) is -24.2. The zero-order chi connectivity index (χ0) is 98.4. The average molecular weight is 1950 g/mol. The Hall–Kier alpha value is -12.5. The number of carboxylic acid groups (broad SMARTS) is 1. The van der Waals surface area contributed by atoms with Gasteiger partial charge in [-0.1, -0.05) is 106 Å². The number of phenolic OH excluding ortho intramolecular Hbond substituents is 4. The molecule has 734 valence electrons. The molecular formula is C92H104Cl2N10O33.